The number of hydrogen-bond acceptors (Lipinski definition) is 1. The summed E-state index contributed by atoms with van der Waals surface area (Å²) < 4.78 is 0. The average Bonchev–Trinajstić information content (AvgIpc) is 2.97. The van der Waals surface area contributed by atoms with Crippen molar-refractivity contribution in [1.82, 2.24) is 9.88 Å². The van der Waals surface area contributed by atoms with E-state index in [1.807, 2.05) is 0 Å². The molecule has 0 bridgehead atoms. The second-order valence-electron chi connectivity index (χ2n) is 8.38. The Labute approximate surface area is 145 Å². The molecule has 2 heterocycles. The molecule has 2 aromatic rings. The molecule has 1 fully saturated rings. The molecule has 3 rings (SSSR count). The number of benzene rings is 1. The van der Waals surface area contributed by atoms with Crippen molar-refractivity contribution in [3.8, 4) is 0 Å². The van der Waals surface area contributed by atoms with Gasteiger partial charge in [0.2, 0.25) is 5.91 Å². The molecule has 1 aromatic carbocycles. The van der Waals surface area contributed by atoms with Crippen molar-refractivity contribution in [2.24, 2.45) is 11.3 Å². The largest absolute Gasteiger partial charge is 0.357 e. The molecule has 0 spiro atoms. The van der Waals surface area contributed by atoms with Gasteiger partial charge in [-0.3, -0.25) is 4.79 Å². The Hall–Kier alpha value is -1.77. The topological polar surface area (TPSA) is 36.1 Å². The number of para-hydroxylation sites is 1. The lowest BCUT2D eigenvalue weighted by Gasteiger charge is -2.37. The van der Waals surface area contributed by atoms with Crippen LogP contribution in [0.25, 0.3) is 10.9 Å². The summed E-state index contributed by atoms with van der Waals surface area (Å²) in [6.07, 6.45) is 4.01. The van der Waals surface area contributed by atoms with Crippen LogP contribution in [0.1, 0.15) is 65.1 Å². The molecule has 2 atom stereocenters. The number of amides is 1. The predicted molar refractivity (Wildman–Crippen MR) is 99.8 cm³/mol. The molecule has 0 aliphatic carbocycles. The van der Waals surface area contributed by atoms with Crippen molar-refractivity contribution >= 4 is 16.8 Å². The van der Waals surface area contributed by atoms with E-state index in [-0.39, 0.29) is 11.5 Å². The van der Waals surface area contributed by atoms with Crippen molar-refractivity contribution in [1.29, 1.82) is 0 Å². The lowest BCUT2D eigenvalue weighted by atomic mass is 9.79. The zero-order valence-electron chi connectivity index (χ0n) is 15.4. The number of fused-ring (bicyclic) bond motifs is 1. The van der Waals surface area contributed by atoms with Crippen LogP contribution in [0, 0.1) is 11.3 Å². The van der Waals surface area contributed by atoms with Crippen LogP contribution in [0.3, 0.4) is 0 Å². The number of nitrogens with one attached hydrogen (secondary N) is 1. The molecule has 3 heteroatoms. The fourth-order valence-corrected chi connectivity index (χ4v) is 3.51. The zero-order valence-corrected chi connectivity index (χ0v) is 15.4. The van der Waals surface area contributed by atoms with Gasteiger partial charge in [-0.25, -0.2) is 0 Å². The van der Waals surface area contributed by atoms with Crippen LogP contribution in [0.5, 0.6) is 0 Å². The van der Waals surface area contributed by atoms with Crippen LogP contribution in [0.15, 0.2) is 30.3 Å². The summed E-state index contributed by atoms with van der Waals surface area (Å²) >= 11 is 0. The van der Waals surface area contributed by atoms with Crippen molar-refractivity contribution in [3.63, 3.8) is 0 Å². The van der Waals surface area contributed by atoms with Crippen LogP contribution in [0.2, 0.25) is 0 Å². The Kier molecular flexibility index (Phi) is 4.71. The molecule has 0 radical (unpaired) electrons. The van der Waals surface area contributed by atoms with E-state index in [0.29, 0.717) is 18.2 Å². The third-order valence-electron chi connectivity index (χ3n) is 5.69. The normalized spacial score (nSPS) is 20.3. The highest BCUT2D eigenvalue weighted by molar-refractivity contribution is 5.81. The number of piperidine rings is 1. The number of aromatic amines is 1. The summed E-state index contributed by atoms with van der Waals surface area (Å²) in [7, 11) is 0. The minimum Gasteiger partial charge on any atom is -0.357 e. The van der Waals surface area contributed by atoms with Gasteiger partial charge >= 0.3 is 0 Å². The van der Waals surface area contributed by atoms with E-state index in [2.05, 4.69) is 67.9 Å². The molecule has 3 nitrogen and oxygen atoms in total. The van der Waals surface area contributed by atoms with E-state index in [9.17, 15) is 4.79 Å². The summed E-state index contributed by atoms with van der Waals surface area (Å²) in [5.41, 5.74) is 2.52. The fourth-order valence-electron chi connectivity index (χ4n) is 3.51. The first-order valence-corrected chi connectivity index (χ1v) is 9.23. The highest BCUT2D eigenvalue weighted by Crippen LogP contribution is 2.35. The minimum atomic E-state index is 0.169. The third-order valence-corrected chi connectivity index (χ3v) is 5.69. The van der Waals surface area contributed by atoms with Crippen molar-refractivity contribution in [2.75, 3.05) is 6.54 Å². The van der Waals surface area contributed by atoms with E-state index < -0.39 is 0 Å². The first-order chi connectivity index (χ1) is 11.4. The Balaban J connectivity index is 1.81. The molecular weight excluding hydrogens is 296 g/mol. The maximum atomic E-state index is 13.0. The van der Waals surface area contributed by atoms with Gasteiger partial charge in [-0.05, 0) is 48.1 Å². The number of hydrogen-bond donors (Lipinski definition) is 1. The van der Waals surface area contributed by atoms with Crippen LogP contribution in [-0.2, 0) is 4.79 Å². The molecule has 1 N–H and O–H groups in total. The number of carbonyl (C=O) groups excluding carboxylic acids is 1. The number of nitrogens with zero attached hydrogens (tertiary/aromatic N) is 1. The summed E-state index contributed by atoms with van der Waals surface area (Å²) in [6.45, 7) is 9.73. The van der Waals surface area contributed by atoms with Gasteiger partial charge in [0, 0.05) is 24.2 Å². The zero-order chi connectivity index (χ0) is 17.3. The quantitative estimate of drug-likeness (QED) is 0.817. The van der Waals surface area contributed by atoms with Crippen molar-refractivity contribution < 1.29 is 4.79 Å². The van der Waals surface area contributed by atoms with E-state index in [1.54, 1.807) is 0 Å². The molecule has 1 saturated heterocycles. The van der Waals surface area contributed by atoms with Gasteiger partial charge in [-0.1, -0.05) is 45.9 Å². The van der Waals surface area contributed by atoms with E-state index in [0.717, 1.165) is 24.9 Å². The monoisotopic (exact) mass is 326 g/mol. The van der Waals surface area contributed by atoms with Gasteiger partial charge in [0.15, 0.2) is 0 Å². The predicted octanol–water partition coefficient (Wildman–Crippen LogP) is 5.29. The number of carbonyl (C=O) groups is 1. The second-order valence-corrected chi connectivity index (χ2v) is 8.38. The average molecular weight is 326 g/mol. The van der Waals surface area contributed by atoms with Crippen LogP contribution >= 0.6 is 0 Å². The first-order valence-electron chi connectivity index (χ1n) is 9.23. The maximum absolute atomic E-state index is 13.0. The van der Waals surface area contributed by atoms with Crippen LogP contribution < -0.4 is 0 Å². The molecular formula is C21H30N2O. The molecule has 1 aliphatic heterocycles. The molecule has 2 unspecified atom stereocenters. The molecule has 130 valence electrons. The summed E-state index contributed by atoms with van der Waals surface area (Å²) in [6, 6.07) is 10.8. The third kappa shape index (κ3) is 3.50. The smallest absolute Gasteiger partial charge is 0.223 e. The van der Waals surface area contributed by atoms with Gasteiger partial charge in [0.05, 0.1) is 6.04 Å². The van der Waals surface area contributed by atoms with Crippen LogP contribution in [-0.4, -0.2) is 22.3 Å². The van der Waals surface area contributed by atoms with Gasteiger partial charge in [-0.2, -0.15) is 0 Å². The number of H-pyrrole nitrogens is 1. The summed E-state index contributed by atoms with van der Waals surface area (Å²) in [5.74, 6) is 0.691. The van der Waals surface area contributed by atoms with Gasteiger partial charge < -0.3 is 9.88 Å². The number of aromatic nitrogens is 1. The molecule has 0 saturated carbocycles. The van der Waals surface area contributed by atoms with E-state index >= 15 is 0 Å². The van der Waals surface area contributed by atoms with Crippen LogP contribution in [0.4, 0.5) is 0 Å². The second kappa shape index (κ2) is 6.62. The molecule has 1 aromatic heterocycles. The Bertz CT molecular complexity index is 677. The van der Waals surface area contributed by atoms with Crippen molar-refractivity contribution in [3.05, 3.63) is 36.0 Å². The van der Waals surface area contributed by atoms with E-state index in [1.165, 1.54) is 17.5 Å². The van der Waals surface area contributed by atoms with Gasteiger partial charge in [0.25, 0.3) is 0 Å². The van der Waals surface area contributed by atoms with Gasteiger partial charge in [-0.15, -0.1) is 0 Å². The number of likely N-dealkylation sites (tertiary alicyclic amines) is 1. The lowest BCUT2D eigenvalue weighted by molar-refractivity contribution is -0.136. The van der Waals surface area contributed by atoms with E-state index in [4.69, 9.17) is 0 Å². The van der Waals surface area contributed by atoms with Crippen molar-refractivity contribution in [2.45, 2.75) is 59.4 Å². The minimum absolute atomic E-state index is 0.169. The summed E-state index contributed by atoms with van der Waals surface area (Å²) in [4.78, 5) is 18.6. The lowest BCUT2D eigenvalue weighted by Crippen LogP contribution is -2.40. The molecule has 1 amide bonds. The highest BCUT2D eigenvalue weighted by Gasteiger charge is 2.31. The Morgan fingerprint density at radius 2 is 2.04 bits per heavy atom. The summed E-state index contributed by atoms with van der Waals surface area (Å²) in [5, 5.41) is 1.23. The standard InChI is InChI=1S/C21H30N2O/c1-15(21(2,3)4)13-20(24)23-12-8-7-11-19(23)18-14-16-9-5-6-10-17(16)22-18/h5-6,9-10,14-15,19,22H,7-8,11-13H2,1-4H3. The maximum Gasteiger partial charge on any atom is 0.223 e. The number of rotatable bonds is 3. The molecule has 1 aliphatic rings. The van der Waals surface area contributed by atoms with Gasteiger partial charge in [0.1, 0.15) is 0 Å². The Morgan fingerprint density at radius 1 is 1.29 bits per heavy atom. The molecule has 24 heavy (non-hydrogen) atoms. The first kappa shape index (κ1) is 17.1. The Morgan fingerprint density at radius 3 is 2.75 bits per heavy atom. The SMILES string of the molecule is CC(CC(=O)N1CCCCC1c1cc2ccccc2[nH]1)C(C)(C)C. The fraction of sp³-hybridized carbons (Fsp3) is 0.571. The highest BCUT2D eigenvalue weighted by atomic mass is 16.2.